The third-order valence-corrected chi connectivity index (χ3v) is 6.38. The third kappa shape index (κ3) is 5.16. The van der Waals surface area contributed by atoms with Crippen molar-refractivity contribution in [2.75, 3.05) is 0 Å². The van der Waals surface area contributed by atoms with Gasteiger partial charge in [0.1, 0.15) is 0 Å². The van der Waals surface area contributed by atoms with Crippen LogP contribution in [0.3, 0.4) is 0 Å². The lowest BCUT2D eigenvalue weighted by atomic mass is 9.95. The number of rotatable bonds is 8. The fourth-order valence-corrected chi connectivity index (χ4v) is 4.37. The number of hydrogen-bond acceptors (Lipinski definition) is 5. The van der Waals surface area contributed by atoms with Crippen LogP contribution in [-0.4, -0.2) is 11.6 Å². The molecule has 4 rings (SSSR count). The Balaban J connectivity index is 1.45. The molecule has 0 aliphatic heterocycles. The molecule has 0 N–H and O–H groups in total. The SMILES string of the molecule is Cc1ccccc1C(N=O)C(=O)c1ccc(Sc2ccc(C(=O)c3ccccc3)cc2)cc1. The Labute approximate surface area is 196 Å². The van der Waals surface area contributed by atoms with Crippen LogP contribution in [0.15, 0.2) is 118 Å². The second-order valence-electron chi connectivity index (χ2n) is 7.57. The van der Waals surface area contributed by atoms with E-state index in [1.54, 1.807) is 36.4 Å². The van der Waals surface area contributed by atoms with Crippen molar-refractivity contribution in [2.45, 2.75) is 22.8 Å². The highest BCUT2D eigenvalue weighted by Crippen LogP contribution is 2.30. The first kappa shape index (κ1) is 22.4. The van der Waals surface area contributed by atoms with E-state index in [4.69, 9.17) is 0 Å². The molecule has 0 saturated heterocycles. The summed E-state index contributed by atoms with van der Waals surface area (Å²) in [7, 11) is 0. The van der Waals surface area contributed by atoms with Gasteiger partial charge in [-0.3, -0.25) is 9.59 Å². The molecule has 0 spiro atoms. The van der Waals surface area contributed by atoms with Gasteiger partial charge in [0, 0.05) is 26.5 Å². The summed E-state index contributed by atoms with van der Waals surface area (Å²) in [6.07, 6.45) is 0. The summed E-state index contributed by atoms with van der Waals surface area (Å²) in [5.74, 6) is -0.332. The normalized spacial score (nSPS) is 11.5. The van der Waals surface area contributed by atoms with Crippen molar-refractivity contribution in [1.82, 2.24) is 0 Å². The molecule has 4 aromatic carbocycles. The van der Waals surface area contributed by atoms with E-state index >= 15 is 0 Å². The van der Waals surface area contributed by atoms with Crippen molar-refractivity contribution in [3.05, 3.63) is 136 Å². The maximum atomic E-state index is 12.9. The average molecular weight is 452 g/mol. The van der Waals surface area contributed by atoms with Gasteiger partial charge in [0.2, 0.25) is 0 Å². The van der Waals surface area contributed by atoms with Crippen LogP contribution >= 0.6 is 11.8 Å². The fourth-order valence-electron chi connectivity index (χ4n) is 3.55. The maximum Gasteiger partial charge on any atom is 0.195 e. The maximum absolute atomic E-state index is 12.9. The summed E-state index contributed by atoms with van der Waals surface area (Å²) in [6, 6.07) is 30.0. The Morgan fingerprint density at radius 1 is 0.667 bits per heavy atom. The predicted octanol–water partition coefficient (Wildman–Crippen LogP) is 7.07. The molecule has 0 bridgehead atoms. The summed E-state index contributed by atoms with van der Waals surface area (Å²) < 4.78 is 0. The Hall–Kier alpha value is -3.83. The number of Topliss-reactive ketones (excluding diaryl/α,β-unsaturated/α-hetero) is 1. The van der Waals surface area contributed by atoms with Gasteiger partial charge in [0.05, 0.1) is 0 Å². The van der Waals surface area contributed by atoms with Crippen molar-refractivity contribution in [3.63, 3.8) is 0 Å². The lowest BCUT2D eigenvalue weighted by molar-refractivity contribution is 0.0960. The second kappa shape index (κ2) is 10.2. The number of carbonyl (C=O) groups is 2. The lowest BCUT2D eigenvalue weighted by Crippen LogP contribution is -2.11. The van der Waals surface area contributed by atoms with E-state index in [0.717, 1.165) is 15.4 Å². The molecule has 0 aliphatic rings. The highest BCUT2D eigenvalue weighted by Gasteiger charge is 2.24. The highest BCUT2D eigenvalue weighted by molar-refractivity contribution is 7.99. The largest absolute Gasteiger partial charge is 0.291 e. The lowest BCUT2D eigenvalue weighted by Gasteiger charge is -2.12. The van der Waals surface area contributed by atoms with Gasteiger partial charge in [-0.15, -0.1) is 4.91 Å². The quantitative estimate of drug-likeness (QED) is 0.212. The van der Waals surface area contributed by atoms with E-state index in [0.29, 0.717) is 22.3 Å². The second-order valence-corrected chi connectivity index (χ2v) is 8.72. The smallest absolute Gasteiger partial charge is 0.195 e. The van der Waals surface area contributed by atoms with E-state index in [2.05, 4.69) is 5.18 Å². The summed E-state index contributed by atoms with van der Waals surface area (Å²) in [5, 5.41) is 3.10. The molecule has 0 aromatic heterocycles. The van der Waals surface area contributed by atoms with Gasteiger partial charge < -0.3 is 0 Å². The van der Waals surface area contributed by atoms with Gasteiger partial charge in [0.25, 0.3) is 0 Å². The molecule has 33 heavy (non-hydrogen) atoms. The first-order chi connectivity index (χ1) is 16.1. The van der Waals surface area contributed by atoms with Crippen molar-refractivity contribution in [1.29, 1.82) is 0 Å². The molecule has 0 aliphatic carbocycles. The molecule has 1 unspecified atom stereocenters. The highest BCUT2D eigenvalue weighted by atomic mass is 32.2. The Bertz CT molecular complexity index is 1280. The van der Waals surface area contributed by atoms with E-state index in [-0.39, 0.29) is 11.6 Å². The Morgan fingerprint density at radius 2 is 1.18 bits per heavy atom. The monoisotopic (exact) mass is 451 g/mol. The Kier molecular flexibility index (Phi) is 6.91. The van der Waals surface area contributed by atoms with Gasteiger partial charge in [-0.25, -0.2) is 0 Å². The molecule has 0 saturated carbocycles. The molecule has 1 atom stereocenters. The first-order valence-corrected chi connectivity index (χ1v) is 11.3. The van der Waals surface area contributed by atoms with Gasteiger partial charge in [-0.1, -0.05) is 83.7 Å². The number of benzene rings is 4. The molecule has 0 fully saturated rings. The molecular weight excluding hydrogens is 430 g/mol. The van der Waals surface area contributed by atoms with E-state index < -0.39 is 6.04 Å². The van der Waals surface area contributed by atoms with Crippen LogP contribution in [0, 0.1) is 11.8 Å². The van der Waals surface area contributed by atoms with E-state index in [1.165, 1.54) is 11.8 Å². The number of aryl methyl sites for hydroxylation is 1. The molecule has 5 heteroatoms. The number of hydrogen-bond donors (Lipinski definition) is 0. The van der Waals surface area contributed by atoms with Gasteiger partial charge >= 0.3 is 0 Å². The van der Waals surface area contributed by atoms with Crippen LogP contribution in [0.4, 0.5) is 0 Å². The van der Waals surface area contributed by atoms with Crippen molar-refractivity contribution in [3.8, 4) is 0 Å². The number of ketones is 2. The average Bonchev–Trinajstić information content (AvgIpc) is 2.86. The summed E-state index contributed by atoms with van der Waals surface area (Å²) in [6.45, 7) is 1.86. The summed E-state index contributed by atoms with van der Waals surface area (Å²) in [4.78, 5) is 38.8. The molecular formula is C28H21NO3S. The van der Waals surface area contributed by atoms with Crippen molar-refractivity contribution >= 4 is 23.3 Å². The predicted molar refractivity (Wildman–Crippen MR) is 131 cm³/mol. The zero-order valence-corrected chi connectivity index (χ0v) is 18.8. The Morgan fingerprint density at radius 3 is 1.76 bits per heavy atom. The number of carbonyl (C=O) groups excluding carboxylic acids is 2. The number of nitrogens with zero attached hydrogens (tertiary/aromatic N) is 1. The van der Waals surface area contributed by atoms with Gasteiger partial charge in [-0.05, 0) is 54.4 Å². The minimum atomic E-state index is -1.06. The van der Waals surface area contributed by atoms with Crippen LogP contribution < -0.4 is 0 Å². The fraction of sp³-hybridized carbons (Fsp3) is 0.0714. The molecule has 0 radical (unpaired) electrons. The molecule has 0 heterocycles. The minimum Gasteiger partial charge on any atom is -0.291 e. The number of nitroso groups, excluding NO2 is 1. The standard InChI is InChI=1S/C28H21NO3S/c1-19-7-5-6-10-25(19)26(29-32)28(31)22-13-17-24(18-14-22)33-23-15-11-21(12-16-23)27(30)20-8-3-2-4-9-20/h2-18,26H,1H3. The minimum absolute atomic E-state index is 0.0120. The van der Waals surface area contributed by atoms with Crippen LogP contribution in [0.25, 0.3) is 0 Å². The van der Waals surface area contributed by atoms with Gasteiger partial charge in [0.15, 0.2) is 17.6 Å². The van der Waals surface area contributed by atoms with Crippen LogP contribution in [0.1, 0.15) is 43.4 Å². The molecule has 4 aromatic rings. The first-order valence-electron chi connectivity index (χ1n) is 10.5. The molecule has 0 amide bonds. The van der Waals surface area contributed by atoms with Crippen LogP contribution in [-0.2, 0) is 0 Å². The molecule has 162 valence electrons. The zero-order valence-electron chi connectivity index (χ0n) is 18.0. The zero-order chi connectivity index (χ0) is 23.2. The van der Waals surface area contributed by atoms with Crippen molar-refractivity contribution in [2.24, 2.45) is 5.18 Å². The van der Waals surface area contributed by atoms with E-state index in [1.807, 2.05) is 73.7 Å². The molecule has 4 nitrogen and oxygen atoms in total. The topological polar surface area (TPSA) is 63.6 Å². The van der Waals surface area contributed by atoms with Crippen molar-refractivity contribution < 1.29 is 9.59 Å². The van der Waals surface area contributed by atoms with Crippen LogP contribution in [0.2, 0.25) is 0 Å². The van der Waals surface area contributed by atoms with Gasteiger partial charge in [-0.2, -0.15) is 0 Å². The summed E-state index contributed by atoms with van der Waals surface area (Å²) >= 11 is 1.53. The third-order valence-electron chi connectivity index (χ3n) is 5.36. The summed E-state index contributed by atoms with van der Waals surface area (Å²) in [5.41, 5.74) is 3.22. The van der Waals surface area contributed by atoms with E-state index in [9.17, 15) is 14.5 Å². The van der Waals surface area contributed by atoms with Crippen LogP contribution in [0.5, 0.6) is 0 Å².